The predicted octanol–water partition coefficient (Wildman–Crippen LogP) is 5.14. The first kappa shape index (κ1) is 31.1. The molecule has 1 saturated carbocycles. The number of thioether (sulfide) groups is 1. The Morgan fingerprint density at radius 3 is 2.30 bits per heavy atom. The number of hydrogen-bond donors (Lipinski definition) is 1. The number of amides is 3. The van der Waals surface area contributed by atoms with Gasteiger partial charge in [-0.25, -0.2) is 0 Å². The van der Waals surface area contributed by atoms with Crippen LogP contribution in [0.3, 0.4) is 0 Å². The molecule has 9 heteroatoms. The average Bonchev–Trinajstić information content (AvgIpc) is 3.34. The minimum atomic E-state index is -0.971. The van der Waals surface area contributed by atoms with Gasteiger partial charge in [0.2, 0.25) is 17.7 Å². The van der Waals surface area contributed by atoms with Gasteiger partial charge in [0.25, 0.3) is 0 Å². The van der Waals surface area contributed by atoms with Gasteiger partial charge in [0.05, 0.1) is 35.8 Å². The van der Waals surface area contributed by atoms with E-state index in [1.54, 1.807) is 21.6 Å². The first-order chi connectivity index (χ1) is 22.3. The third kappa shape index (κ3) is 4.89. The summed E-state index contributed by atoms with van der Waals surface area (Å²) < 4.78 is 3.95. The molecule has 3 fully saturated rings. The number of hydrogen-bond acceptors (Lipinski definition) is 6. The minimum Gasteiger partial charge on any atom is -0.494 e. The molecule has 1 unspecified atom stereocenters. The highest BCUT2D eigenvalue weighted by Crippen LogP contribution is 2.66. The standard InChI is InChI=1S/C37H43N3O5S/c1-3-45-28-18-16-27(17-19-28)38-22-10-20-36(2)30(33(38)42)31-34(43)40(29(24-41)25-12-6-4-7-13-25)32-35(44)39(26-14-8-5-9-15-26)23-11-21-37(31,32)46-36/h4,6-7,10-13,16-21,26,29-32,41H,3,5,8-9,14-15,22-24H2,1-2H3/t29-,30+,31+,32?,36-,37+/m1/s1. The zero-order valence-corrected chi connectivity index (χ0v) is 27.4. The van der Waals surface area contributed by atoms with E-state index >= 15 is 4.79 Å². The number of ether oxygens (including phenoxy) is 1. The van der Waals surface area contributed by atoms with Crippen LogP contribution in [-0.4, -0.2) is 80.5 Å². The summed E-state index contributed by atoms with van der Waals surface area (Å²) in [6, 6.07) is 15.5. The third-order valence-corrected chi connectivity index (χ3v) is 12.5. The monoisotopic (exact) mass is 641 g/mol. The maximum absolute atomic E-state index is 15.1. The third-order valence-electron chi connectivity index (χ3n) is 10.7. The van der Waals surface area contributed by atoms with Gasteiger partial charge in [0, 0.05) is 29.6 Å². The molecule has 1 spiro atoms. The first-order valence-electron chi connectivity index (χ1n) is 16.7. The Morgan fingerprint density at radius 1 is 0.891 bits per heavy atom. The van der Waals surface area contributed by atoms with E-state index < -0.39 is 33.4 Å². The van der Waals surface area contributed by atoms with E-state index in [9.17, 15) is 14.7 Å². The van der Waals surface area contributed by atoms with E-state index in [1.807, 2.05) is 79.4 Å². The molecule has 4 heterocycles. The van der Waals surface area contributed by atoms with Crippen molar-refractivity contribution in [2.45, 2.75) is 73.6 Å². The Bertz CT molecular complexity index is 1540. The summed E-state index contributed by atoms with van der Waals surface area (Å²) in [6.45, 7) is 5.07. The fraction of sp³-hybridized carbons (Fsp3) is 0.486. The maximum Gasteiger partial charge on any atom is 0.247 e. The highest BCUT2D eigenvalue weighted by molar-refractivity contribution is 8.02. The molecule has 5 aliphatic rings. The van der Waals surface area contributed by atoms with Crippen molar-refractivity contribution in [3.8, 4) is 5.75 Å². The Morgan fingerprint density at radius 2 is 1.61 bits per heavy atom. The number of aliphatic hydroxyl groups excluding tert-OH is 1. The van der Waals surface area contributed by atoms with Gasteiger partial charge in [0.1, 0.15) is 11.8 Å². The second-order valence-electron chi connectivity index (χ2n) is 13.3. The van der Waals surface area contributed by atoms with Crippen LogP contribution in [0.1, 0.15) is 57.6 Å². The number of nitrogens with zero attached hydrogens (tertiary/aromatic N) is 3. The SMILES string of the molecule is CCOc1ccc(N2CC=C[C@@]3(C)S[C@]45C=CCN(C6CCCCC6)C(=O)C4N([C@H](CO)c4ccccc4)C(=O)[C@@H]5[C@H]3C2=O)cc1. The van der Waals surface area contributed by atoms with Gasteiger partial charge in [-0.15, -0.1) is 11.8 Å². The van der Waals surface area contributed by atoms with Gasteiger partial charge in [0.15, 0.2) is 0 Å². The lowest BCUT2D eigenvalue weighted by Gasteiger charge is -2.42. The second-order valence-corrected chi connectivity index (χ2v) is 15.1. The smallest absolute Gasteiger partial charge is 0.247 e. The Balaban J connectivity index is 1.34. The van der Waals surface area contributed by atoms with Crippen molar-refractivity contribution < 1.29 is 24.2 Å². The largest absolute Gasteiger partial charge is 0.494 e. The molecule has 2 aromatic rings. The number of rotatable bonds is 7. The van der Waals surface area contributed by atoms with E-state index in [2.05, 4.69) is 18.2 Å². The normalized spacial score (nSPS) is 31.8. The average molecular weight is 642 g/mol. The fourth-order valence-corrected chi connectivity index (χ4v) is 10.8. The van der Waals surface area contributed by atoms with Gasteiger partial charge >= 0.3 is 0 Å². The van der Waals surface area contributed by atoms with E-state index in [4.69, 9.17) is 4.74 Å². The van der Waals surface area contributed by atoms with E-state index in [0.29, 0.717) is 19.7 Å². The molecule has 2 aromatic carbocycles. The number of likely N-dealkylation sites (tertiary alicyclic amines) is 1. The Hall–Kier alpha value is -3.56. The molecule has 0 bridgehead atoms. The number of benzene rings is 2. The quantitative estimate of drug-likeness (QED) is 0.422. The molecule has 0 aromatic heterocycles. The Kier molecular flexibility index (Phi) is 8.26. The number of anilines is 1. The van der Waals surface area contributed by atoms with Gasteiger partial charge in [-0.1, -0.05) is 73.9 Å². The van der Waals surface area contributed by atoms with Crippen LogP contribution in [0.15, 0.2) is 78.9 Å². The van der Waals surface area contributed by atoms with Crippen LogP contribution in [0.25, 0.3) is 0 Å². The molecule has 242 valence electrons. The Labute approximate surface area is 275 Å². The summed E-state index contributed by atoms with van der Waals surface area (Å²) in [5.41, 5.74) is 1.51. The second kappa shape index (κ2) is 12.2. The van der Waals surface area contributed by atoms with E-state index in [1.165, 1.54) is 6.42 Å². The lowest BCUT2D eigenvalue weighted by atomic mass is 9.74. The zero-order valence-electron chi connectivity index (χ0n) is 26.6. The van der Waals surface area contributed by atoms with E-state index in [-0.39, 0.29) is 30.4 Å². The lowest BCUT2D eigenvalue weighted by molar-refractivity contribution is -0.147. The summed E-state index contributed by atoms with van der Waals surface area (Å²) in [7, 11) is 0. The summed E-state index contributed by atoms with van der Waals surface area (Å²) in [4.78, 5) is 50.2. The maximum atomic E-state index is 15.1. The van der Waals surface area contributed by atoms with Crippen molar-refractivity contribution >= 4 is 35.2 Å². The van der Waals surface area contributed by atoms with Crippen molar-refractivity contribution in [2.75, 3.05) is 31.2 Å². The van der Waals surface area contributed by atoms with Gasteiger partial charge < -0.3 is 24.5 Å². The summed E-state index contributed by atoms with van der Waals surface area (Å²) in [5, 5.41) is 10.9. The van der Waals surface area contributed by atoms with Crippen molar-refractivity contribution in [3.63, 3.8) is 0 Å². The fourth-order valence-electron chi connectivity index (χ4n) is 8.69. The topological polar surface area (TPSA) is 90.4 Å². The van der Waals surface area contributed by atoms with Gasteiger partial charge in [-0.05, 0) is 56.5 Å². The molecule has 0 radical (unpaired) electrons. The summed E-state index contributed by atoms with van der Waals surface area (Å²) in [5.74, 6) is -1.21. The molecule has 4 aliphatic heterocycles. The van der Waals surface area contributed by atoms with Crippen LogP contribution in [0.2, 0.25) is 0 Å². The van der Waals surface area contributed by atoms with Crippen LogP contribution < -0.4 is 9.64 Å². The van der Waals surface area contributed by atoms with Crippen molar-refractivity contribution in [1.29, 1.82) is 0 Å². The molecular formula is C37H43N3O5S. The molecule has 46 heavy (non-hydrogen) atoms. The highest BCUT2D eigenvalue weighted by atomic mass is 32.2. The molecule has 3 amide bonds. The predicted molar refractivity (Wildman–Crippen MR) is 179 cm³/mol. The van der Waals surface area contributed by atoms with Crippen LogP contribution in [0.5, 0.6) is 5.75 Å². The minimum absolute atomic E-state index is 0.0745. The molecule has 1 N–H and O–H groups in total. The van der Waals surface area contributed by atoms with Crippen molar-refractivity contribution in [1.82, 2.24) is 9.80 Å². The van der Waals surface area contributed by atoms with Gasteiger partial charge in [-0.3, -0.25) is 14.4 Å². The van der Waals surface area contributed by atoms with E-state index in [0.717, 1.165) is 42.7 Å². The highest BCUT2D eigenvalue weighted by Gasteiger charge is 2.74. The first-order valence-corrected chi connectivity index (χ1v) is 17.5. The zero-order chi connectivity index (χ0) is 32.1. The van der Waals surface area contributed by atoms with Crippen LogP contribution in [0.4, 0.5) is 5.69 Å². The van der Waals surface area contributed by atoms with Crippen LogP contribution >= 0.6 is 11.8 Å². The van der Waals surface area contributed by atoms with Crippen LogP contribution in [-0.2, 0) is 14.4 Å². The molecule has 1 aliphatic carbocycles. The van der Waals surface area contributed by atoms with Crippen molar-refractivity contribution in [3.05, 3.63) is 84.5 Å². The van der Waals surface area contributed by atoms with Crippen molar-refractivity contribution in [2.24, 2.45) is 11.8 Å². The number of carbonyl (C=O) groups excluding carboxylic acids is 3. The molecule has 8 nitrogen and oxygen atoms in total. The molecule has 7 rings (SSSR count). The molecule has 6 atom stereocenters. The number of aliphatic hydroxyl groups is 1. The summed E-state index contributed by atoms with van der Waals surface area (Å²) >= 11 is 1.59. The van der Waals surface area contributed by atoms with Crippen LogP contribution in [0, 0.1) is 11.8 Å². The molecular weight excluding hydrogens is 598 g/mol. The van der Waals surface area contributed by atoms with Gasteiger partial charge in [-0.2, -0.15) is 0 Å². The number of fused-ring (bicyclic) bond motifs is 2. The summed E-state index contributed by atoms with van der Waals surface area (Å²) in [6.07, 6.45) is 13.5. The number of carbonyl (C=O) groups is 3. The molecule has 2 saturated heterocycles. The lowest BCUT2D eigenvalue weighted by Crippen LogP contribution is -2.56.